The molecule has 118 valence electrons. The van der Waals surface area contributed by atoms with Crippen LogP contribution in [-0.4, -0.2) is 17.1 Å². The Kier molecular flexibility index (Phi) is 6.87. The number of hydrogen-bond donors (Lipinski definition) is 2. The van der Waals surface area contributed by atoms with E-state index in [0.29, 0.717) is 0 Å². The van der Waals surface area contributed by atoms with Gasteiger partial charge in [0.05, 0.1) is 18.1 Å². The number of nitrogens with one attached hydrogen (secondary N) is 1. The molecule has 0 saturated heterocycles. The summed E-state index contributed by atoms with van der Waals surface area (Å²) in [4.78, 5) is 7.83. The van der Waals surface area contributed by atoms with Crippen molar-refractivity contribution in [1.82, 2.24) is 9.97 Å². The molecule has 0 unspecified atom stereocenters. The third-order valence-corrected chi connectivity index (χ3v) is 4.00. The number of hydrogen-bond acceptors (Lipinski definition) is 4. The molecule has 4 nitrogen and oxygen atoms in total. The van der Waals surface area contributed by atoms with Crippen LogP contribution in [0.5, 0.6) is 5.75 Å². The van der Waals surface area contributed by atoms with E-state index in [0.717, 1.165) is 38.9 Å². The van der Waals surface area contributed by atoms with Crippen LogP contribution in [0.4, 0.5) is 5.69 Å². The lowest BCUT2D eigenvalue weighted by Crippen LogP contribution is -1.94. The number of benzene rings is 2. The Hall–Kier alpha value is -1.56. The van der Waals surface area contributed by atoms with Crippen molar-refractivity contribution in [2.24, 2.45) is 0 Å². The zero-order chi connectivity index (χ0) is 13.9. The lowest BCUT2D eigenvalue weighted by molar-refractivity contribution is 0.414. The first-order valence-corrected chi connectivity index (χ1v) is 7.25. The van der Waals surface area contributed by atoms with Crippen molar-refractivity contribution in [2.45, 2.75) is 10.9 Å². The summed E-state index contributed by atoms with van der Waals surface area (Å²) >= 11 is 1.63. The van der Waals surface area contributed by atoms with Crippen LogP contribution in [0.25, 0.3) is 11.0 Å². The summed E-state index contributed by atoms with van der Waals surface area (Å²) in [6.45, 7) is 0. The van der Waals surface area contributed by atoms with E-state index in [2.05, 4.69) is 9.97 Å². The minimum absolute atomic E-state index is 0. The maximum atomic E-state index is 5.98. The van der Waals surface area contributed by atoms with Gasteiger partial charge < -0.3 is 15.5 Å². The molecule has 3 aromatic rings. The summed E-state index contributed by atoms with van der Waals surface area (Å²) in [6.07, 6.45) is 0. The molecule has 0 bridgehead atoms. The summed E-state index contributed by atoms with van der Waals surface area (Å²) < 4.78 is 5.22. The summed E-state index contributed by atoms with van der Waals surface area (Å²) in [5.41, 5.74) is 9.84. The predicted octanol–water partition coefficient (Wildman–Crippen LogP) is 4.29. The quantitative estimate of drug-likeness (QED) is 0.539. The first-order valence-electron chi connectivity index (χ1n) is 6.26. The monoisotopic (exact) mass is 357 g/mol. The van der Waals surface area contributed by atoms with Crippen molar-refractivity contribution >= 4 is 53.3 Å². The van der Waals surface area contributed by atoms with E-state index in [9.17, 15) is 0 Å². The van der Waals surface area contributed by atoms with Gasteiger partial charge in [-0.3, -0.25) is 0 Å². The van der Waals surface area contributed by atoms with Crippen molar-refractivity contribution < 1.29 is 4.74 Å². The third kappa shape index (κ3) is 4.00. The van der Waals surface area contributed by atoms with Crippen LogP contribution in [0, 0.1) is 0 Å². The van der Waals surface area contributed by atoms with Gasteiger partial charge in [-0.2, -0.15) is 0 Å². The van der Waals surface area contributed by atoms with Gasteiger partial charge in [0.25, 0.3) is 0 Å². The topological polar surface area (TPSA) is 63.9 Å². The maximum absolute atomic E-state index is 5.98. The molecule has 0 saturated carbocycles. The first kappa shape index (κ1) is 18.5. The number of nitrogens with zero attached hydrogens (tertiary/aromatic N) is 1. The predicted molar refractivity (Wildman–Crippen MR) is 97.6 cm³/mol. The fraction of sp³-hybridized carbons (Fsp3) is 0.133. The van der Waals surface area contributed by atoms with Gasteiger partial charge in [-0.1, -0.05) is 23.9 Å². The van der Waals surface area contributed by atoms with Crippen LogP contribution in [0.15, 0.2) is 47.6 Å². The molecule has 1 heterocycles. The van der Waals surface area contributed by atoms with Crippen molar-refractivity contribution in [3.8, 4) is 5.75 Å². The minimum atomic E-state index is 0. The Labute approximate surface area is 145 Å². The smallest absolute Gasteiger partial charge is 0.166 e. The molecule has 0 amide bonds. The number of methoxy groups -OCH3 is 1. The van der Waals surface area contributed by atoms with Crippen molar-refractivity contribution in [2.75, 3.05) is 12.8 Å². The van der Waals surface area contributed by atoms with E-state index in [1.165, 1.54) is 0 Å². The molecule has 0 spiro atoms. The van der Waals surface area contributed by atoms with Crippen LogP contribution < -0.4 is 10.5 Å². The molecule has 3 N–H and O–H groups in total. The molecule has 0 aliphatic carbocycles. The van der Waals surface area contributed by atoms with Gasteiger partial charge in [0, 0.05) is 11.4 Å². The summed E-state index contributed by atoms with van der Waals surface area (Å²) in [5, 5.41) is 0.897. The number of aromatic amines is 1. The van der Waals surface area contributed by atoms with E-state index < -0.39 is 0 Å². The number of rotatable bonds is 4. The van der Waals surface area contributed by atoms with Gasteiger partial charge in [0.15, 0.2) is 5.16 Å². The number of halogens is 2. The van der Waals surface area contributed by atoms with Crippen LogP contribution >= 0.6 is 36.6 Å². The highest BCUT2D eigenvalue weighted by Gasteiger charge is 2.06. The average molecular weight is 358 g/mol. The van der Waals surface area contributed by atoms with Gasteiger partial charge in [0.2, 0.25) is 0 Å². The standard InChI is InChI=1S/C15H15N3OS.2ClH/c1-19-11-6-7-12(16)10(8-11)9-20-15-17-13-4-2-3-5-14(13)18-15;;/h2-8H,9,16H2,1H3,(H,17,18);2*1H. The van der Waals surface area contributed by atoms with Crippen molar-refractivity contribution in [1.29, 1.82) is 0 Å². The molecule has 1 aromatic heterocycles. The van der Waals surface area contributed by atoms with Crippen LogP contribution in [0.3, 0.4) is 0 Å². The number of H-pyrrole nitrogens is 1. The molecule has 7 heteroatoms. The van der Waals surface area contributed by atoms with E-state index in [-0.39, 0.29) is 24.8 Å². The van der Waals surface area contributed by atoms with E-state index in [4.69, 9.17) is 10.5 Å². The number of thioether (sulfide) groups is 1. The average Bonchev–Trinajstić information content (AvgIpc) is 2.89. The lowest BCUT2D eigenvalue weighted by Gasteiger charge is -2.06. The zero-order valence-corrected chi connectivity index (χ0v) is 14.4. The summed E-state index contributed by atoms with van der Waals surface area (Å²) in [6, 6.07) is 13.7. The number of nitrogen functional groups attached to an aromatic ring is 1. The Morgan fingerprint density at radius 2 is 1.95 bits per heavy atom. The Morgan fingerprint density at radius 3 is 2.68 bits per heavy atom. The lowest BCUT2D eigenvalue weighted by atomic mass is 10.2. The number of imidazole rings is 1. The second-order valence-electron chi connectivity index (χ2n) is 4.41. The zero-order valence-electron chi connectivity index (χ0n) is 11.9. The van der Waals surface area contributed by atoms with Crippen LogP contribution in [0.2, 0.25) is 0 Å². The highest BCUT2D eigenvalue weighted by atomic mass is 35.5. The molecule has 0 aliphatic heterocycles. The molecule has 3 rings (SSSR count). The second kappa shape index (κ2) is 8.17. The van der Waals surface area contributed by atoms with Gasteiger partial charge >= 0.3 is 0 Å². The molecule has 0 fully saturated rings. The van der Waals surface area contributed by atoms with Crippen LogP contribution in [-0.2, 0) is 5.75 Å². The highest BCUT2D eigenvalue weighted by Crippen LogP contribution is 2.27. The molecule has 22 heavy (non-hydrogen) atoms. The van der Waals surface area contributed by atoms with Crippen LogP contribution in [0.1, 0.15) is 5.56 Å². The molecule has 0 radical (unpaired) electrons. The summed E-state index contributed by atoms with van der Waals surface area (Å²) in [5.74, 6) is 1.57. The van der Waals surface area contributed by atoms with Gasteiger partial charge in [-0.25, -0.2) is 4.98 Å². The highest BCUT2D eigenvalue weighted by molar-refractivity contribution is 7.98. The molecule has 0 aliphatic rings. The van der Waals surface area contributed by atoms with Crippen molar-refractivity contribution in [3.63, 3.8) is 0 Å². The number of anilines is 1. The SMILES string of the molecule is COc1ccc(N)c(CSc2nc3ccccc3[nH]2)c1.Cl.Cl. The normalized spacial score (nSPS) is 9.86. The first-order chi connectivity index (χ1) is 9.76. The van der Waals surface area contributed by atoms with Crippen molar-refractivity contribution in [3.05, 3.63) is 48.0 Å². The Morgan fingerprint density at radius 1 is 1.18 bits per heavy atom. The molecular formula is C15H17Cl2N3OS. The van der Waals surface area contributed by atoms with E-state index >= 15 is 0 Å². The van der Waals surface area contributed by atoms with Gasteiger partial charge in [0.1, 0.15) is 5.75 Å². The maximum Gasteiger partial charge on any atom is 0.166 e. The second-order valence-corrected chi connectivity index (χ2v) is 5.38. The Bertz CT molecular complexity index is 715. The number of nitrogens with two attached hydrogens (primary N) is 1. The third-order valence-electron chi connectivity index (χ3n) is 3.08. The fourth-order valence-corrected chi connectivity index (χ4v) is 2.87. The van der Waals surface area contributed by atoms with E-state index in [1.807, 2.05) is 42.5 Å². The number of para-hydroxylation sites is 2. The minimum Gasteiger partial charge on any atom is -0.497 e. The molecule has 0 atom stereocenters. The van der Waals surface area contributed by atoms with Gasteiger partial charge in [-0.15, -0.1) is 24.8 Å². The largest absolute Gasteiger partial charge is 0.497 e. The number of aromatic nitrogens is 2. The van der Waals surface area contributed by atoms with E-state index in [1.54, 1.807) is 18.9 Å². The van der Waals surface area contributed by atoms with Gasteiger partial charge in [-0.05, 0) is 35.9 Å². The fourth-order valence-electron chi connectivity index (χ4n) is 1.98. The Balaban J connectivity index is 0.00000121. The molecule has 2 aromatic carbocycles. The molecular weight excluding hydrogens is 341 g/mol. The number of fused-ring (bicyclic) bond motifs is 1. The summed E-state index contributed by atoms with van der Waals surface area (Å²) in [7, 11) is 1.65. The number of ether oxygens (including phenoxy) is 1.